The second-order valence-corrected chi connectivity index (χ2v) is 4.18. The van der Waals surface area contributed by atoms with Gasteiger partial charge in [0.15, 0.2) is 0 Å². The Labute approximate surface area is 120 Å². The van der Waals surface area contributed by atoms with Gasteiger partial charge in [-0.1, -0.05) is 0 Å². The second-order valence-electron chi connectivity index (χ2n) is 4.18. The van der Waals surface area contributed by atoms with E-state index in [0.717, 1.165) is 0 Å². The van der Waals surface area contributed by atoms with Gasteiger partial charge in [0.2, 0.25) is 0 Å². The molecule has 114 valence electrons. The summed E-state index contributed by atoms with van der Waals surface area (Å²) >= 11 is 0. The first kappa shape index (κ1) is 16.3. The van der Waals surface area contributed by atoms with Crippen molar-refractivity contribution in [1.82, 2.24) is 5.32 Å². The number of carbonyl (C=O) groups excluding carboxylic acids is 1. The minimum absolute atomic E-state index is 0.157. The molecule has 1 aromatic carbocycles. The highest BCUT2D eigenvalue weighted by molar-refractivity contribution is 5.99. The van der Waals surface area contributed by atoms with Gasteiger partial charge in [-0.3, -0.25) is 9.59 Å². The Kier molecular flexibility index (Phi) is 5.53. The summed E-state index contributed by atoms with van der Waals surface area (Å²) in [6, 6.07) is 2.56. The Hall–Kier alpha value is -2.77. The summed E-state index contributed by atoms with van der Waals surface area (Å²) in [5, 5.41) is 29.3. The molecule has 0 radical (unpaired) electrons. The lowest BCUT2D eigenvalue weighted by Gasteiger charge is -2.14. The highest BCUT2D eigenvalue weighted by Gasteiger charge is 2.23. The number of carbonyl (C=O) groups is 3. The quantitative estimate of drug-likeness (QED) is 0.574. The fourth-order valence-electron chi connectivity index (χ4n) is 1.59. The van der Waals surface area contributed by atoms with Gasteiger partial charge >= 0.3 is 11.9 Å². The molecule has 8 heteroatoms. The number of methoxy groups -OCH3 is 1. The summed E-state index contributed by atoms with van der Waals surface area (Å²) in [5.74, 6) is -3.37. The van der Waals surface area contributed by atoms with Crippen molar-refractivity contribution in [3.05, 3.63) is 23.8 Å². The number of benzene rings is 1. The van der Waals surface area contributed by atoms with Crippen molar-refractivity contribution in [2.45, 2.75) is 18.9 Å². The molecule has 4 N–H and O–H groups in total. The molecule has 21 heavy (non-hydrogen) atoms. The van der Waals surface area contributed by atoms with Crippen LogP contribution in [0, 0.1) is 0 Å². The Morgan fingerprint density at radius 1 is 1.29 bits per heavy atom. The van der Waals surface area contributed by atoms with Crippen LogP contribution in [0.4, 0.5) is 0 Å². The average Bonchev–Trinajstić information content (AvgIpc) is 2.43. The molecule has 0 saturated heterocycles. The highest BCUT2D eigenvalue weighted by atomic mass is 16.5. The van der Waals surface area contributed by atoms with Gasteiger partial charge in [0.25, 0.3) is 5.91 Å². The normalized spacial score (nSPS) is 11.5. The SMILES string of the molecule is COc1ccc(O)c(C(=O)N[C@@H](CCC(=O)O)C(=O)O)c1. The number of nitrogens with one attached hydrogen (secondary N) is 1. The summed E-state index contributed by atoms with van der Waals surface area (Å²) in [6.07, 6.45) is -0.664. The van der Waals surface area contributed by atoms with Crippen molar-refractivity contribution >= 4 is 17.8 Å². The third-order valence-corrected chi connectivity index (χ3v) is 2.70. The molecule has 0 bridgehead atoms. The zero-order valence-corrected chi connectivity index (χ0v) is 11.2. The lowest BCUT2D eigenvalue weighted by molar-refractivity contribution is -0.140. The predicted octanol–water partition coefficient (Wildman–Crippen LogP) is 0.449. The van der Waals surface area contributed by atoms with Crippen LogP contribution >= 0.6 is 0 Å². The number of phenols is 1. The lowest BCUT2D eigenvalue weighted by atomic mass is 10.1. The summed E-state index contributed by atoms with van der Waals surface area (Å²) in [5.41, 5.74) is -0.157. The third kappa shape index (κ3) is 4.68. The summed E-state index contributed by atoms with van der Waals surface area (Å²) in [6.45, 7) is 0. The highest BCUT2D eigenvalue weighted by Crippen LogP contribution is 2.22. The van der Waals surface area contributed by atoms with E-state index < -0.39 is 30.3 Å². The van der Waals surface area contributed by atoms with Gasteiger partial charge in [0.05, 0.1) is 12.7 Å². The second kappa shape index (κ2) is 7.13. The van der Waals surface area contributed by atoms with Gasteiger partial charge in [0, 0.05) is 6.42 Å². The number of carboxylic acid groups (broad SMARTS) is 2. The number of aliphatic carboxylic acids is 2. The molecular weight excluding hydrogens is 282 g/mol. The Morgan fingerprint density at radius 3 is 2.48 bits per heavy atom. The van der Waals surface area contributed by atoms with Gasteiger partial charge in [-0.25, -0.2) is 4.79 Å². The van der Waals surface area contributed by atoms with Crippen LogP contribution in [-0.4, -0.2) is 46.3 Å². The number of aromatic hydroxyl groups is 1. The van der Waals surface area contributed by atoms with Crippen LogP contribution in [0.5, 0.6) is 11.5 Å². The molecule has 1 amide bonds. The van der Waals surface area contributed by atoms with E-state index in [4.69, 9.17) is 14.9 Å². The molecule has 0 fully saturated rings. The number of carboxylic acids is 2. The molecule has 0 aliphatic rings. The van der Waals surface area contributed by atoms with Gasteiger partial charge in [-0.2, -0.15) is 0 Å². The van der Waals surface area contributed by atoms with E-state index in [2.05, 4.69) is 5.32 Å². The first-order valence-corrected chi connectivity index (χ1v) is 5.97. The van der Waals surface area contributed by atoms with E-state index in [9.17, 15) is 19.5 Å². The molecule has 0 aliphatic heterocycles. The average molecular weight is 297 g/mol. The maximum Gasteiger partial charge on any atom is 0.326 e. The minimum atomic E-state index is -1.36. The number of phenolic OH excluding ortho intramolecular Hbond substituents is 1. The van der Waals surface area contributed by atoms with E-state index in [1.165, 1.54) is 25.3 Å². The summed E-state index contributed by atoms with van der Waals surface area (Å²) < 4.78 is 4.91. The smallest absolute Gasteiger partial charge is 0.326 e. The number of ether oxygens (including phenoxy) is 1. The maximum atomic E-state index is 12.0. The summed E-state index contributed by atoms with van der Waals surface area (Å²) in [4.78, 5) is 33.4. The van der Waals surface area contributed by atoms with Crippen LogP contribution in [0.1, 0.15) is 23.2 Å². The Balaban J connectivity index is 2.86. The first-order chi connectivity index (χ1) is 9.85. The largest absolute Gasteiger partial charge is 0.507 e. The molecule has 0 aliphatic carbocycles. The van der Waals surface area contributed by atoms with E-state index in [1.54, 1.807) is 0 Å². The predicted molar refractivity (Wildman–Crippen MR) is 70.4 cm³/mol. The molecule has 1 aromatic rings. The van der Waals surface area contributed by atoms with E-state index in [0.29, 0.717) is 5.75 Å². The van der Waals surface area contributed by atoms with Gasteiger partial charge in [-0.15, -0.1) is 0 Å². The van der Waals surface area contributed by atoms with E-state index in [-0.39, 0.29) is 17.7 Å². The number of rotatable bonds is 7. The van der Waals surface area contributed by atoms with E-state index >= 15 is 0 Å². The van der Waals surface area contributed by atoms with Crippen LogP contribution in [-0.2, 0) is 9.59 Å². The van der Waals surface area contributed by atoms with Crippen LogP contribution < -0.4 is 10.1 Å². The Bertz CT molecular complexity index is 555. The molecule has 1 rings (SSSR count). The Morgan fingerprint density at radius 2 is 1.95 bits per heavy atom. The van der Waals surface area contributed by atoms with Crippen LogP contribution in [0.15, 0.2) is 18.2 Å². The van der Waals surface area contributed by atoms with Crippen molar-refractivity contribution in [2.24, 2.45) is 0 Å². The molecule has 1 atom stereocenters. The topological polar surface area (TPSA) is 133 Å². The maximum absolute atomic E-state index is 12.0. The molecule has 0 spiro atoms. The fraction of sp³-hybridized carbons (Fsp3) is 0.308. The first-order valence-electron chi connectivity index (χ1n) is 5.97. The van der Waals surface area contributed by atoms with Crippen LogP contribution in [0.3, 0.4) is 0 Å². The molecule has 0 heterocycles. The molecule has 0 saturated carbocycles. The lowest BCUT2D eigenvalue weighted by Crippen LogP contribution is -2.41. The monoisotopic (exact) mass is 297 g/mol. The van der Waals surface area contributed by atoms with Gasteiger partial charge in [-0.05, 0) is 24.6 Å². The van der Waals surface area contributed by atoms with Gasteiger partial charge < -0.3 is 25.4 Å². The fourth-order valence-corrected chi connectivity index (χ4v) is 1.59. The molecule has 0 aromatic heterocycles. The standard InChI is InChI=1S/C13H15NO7/c1-21-7-2-4-10(15)8(6-7)12(18)14-9(13(19)20)3-5-11(16)17/h2,4,6,9,15H,3,5H2,1H3,(H,14,18)(H,16,17)(H,19,20)/t9-/m0/s1. The number of hydrogen-bond acceptors (Lipinski definition) is 5. The van der Waals surface area contributed by atoms with Crippen LogP contribution in [0.2, 0.25) is 0 Å². The summed E-state index contributed by atoms with van der Waals surface area (Å²) in [7, 11) is 1.38. The van der Waals surface area contributed by atoms with E-state index in [1.807, 2.05) is 0 Å². The van der Waals surface area contributed by atoms with Crippen molar-refractivity contribution in [3.8, 4) is 11.5 Å². The van der Waals surface area contributed by atoms with Crippen molar-refractivity contribution < 1.29 is 34.4 Å². The van der Waals surface area contributed by atoms with Crippen molar-refractivity contribution in [1.29, 1.82) is 0 Å². The minimum Gasteiger partial charge on any atom is -0.507 e. The number of hydrogen-bond donors (Lipinski definition) is 4. The molecular formula is C13H15NO7. The number of amides is 1. The van der Waals surface area contributed by atoms with Crippen molar-refractivity contribution in [2.75, 3.05) is 7.11 Å². The van der Waals surface area contributed by atoms with Crippen LogP contribution in [0.25, 0.3) is 0 Å². The van der Waals surface area contributed by atoms with Gasteiger partial charge in [0.1, 0.15) is 17.5 Å². The molecule has 8 nitrogen and oxygen atoms in total. The zero-order valence-electron chi connectivity index (χ0n) is 11.2. The molecule has 0 unspecified atom stereocenters. The third-order valence-electron chi connectivity index (χ3n) is 2.70. The van der Waals surface area contributed by atoms with Crippen molar-refractivity contribution in [3.63, 3.8) is 0 Å². The zero-order chi connectivity index (χ0) is 16.0.